The van der Waals surface area contributed by atoms with Crippen molar-refractivity contribution in [3.8, 4) is 0 Å². The van der Waals surface area contributed by atoms with Gasteiger partial charge >= 0.3 is 0 Å². The van der Waals surface area contributed by atoms with Gasteiger partial charge in [-0.2, -0.15) is 0 Å². The summed E-state index contributed by atoms with van der Waals surface area (Å²) in [6.07, 6.45) is 6.05. The third-order valence-electron chi connectivity index (χ3n) is 4.37. The Kier molecular flexibility index (Phi) is 4.74. The van der Waals surface area contributed by atoms with E-state index in [0.29, 0.717) is 24.2 Å². The normalized spacial score (nSPS) is 25.4. The minimum Gasteiger partial charge on any atom is -0.348 e. The van der Waals surface area contributed by atoms with Crippen LogP contribution in [0.1, 0.15) is 29.6 Å². The summed E-state index contributed by atoms with van der Waals surface area (Å²) in [4.78, 5) is 26.5. The zero-order valence-electron chi connectivity index (χ0n) is 12.3. The van der Waals surface area contributed by atoms with Crippen molar-refractivity contribution < 1.29 is 9.59 Å². The predicted octanol–water partition coefficient (Wildman–Crippen LogP) is 2.54. The first-order valence-corrected chi connectivity index (χ1v) is 8.40. The van der Waals surface area contributed by atoms with Gasteiger partial charge in [-0.25, -0.2) is 0 Å². The lowest BCUT2D eigenvalue weighted by molar-refractivity contribution is -0.122. The predicted molar refractivity (Wildman–Crippen MR) is 88.8 cm³/mol. The fourth-order valence-corrected chi connectivity index (χ4v) is 3.42. The largest absolute Gasteiger partial charge is 0.348 e. The second kappa shape index (κ2) is 6.75. The fraction of sp³-hybridized carbons (Fsp3) is 0.412. The molecule has 1 aromatic rings. The Bertz CT molecular complexity index is 589. The van der Waals surface area contributed by atoms with Gasteiger partial charge in [-0.3, -0.25) is 14.5 Å². The number of carbonyl (C=O) groups excluding carboxylic acids is 2. The maximum atomic E-state index is 12.4. The van der Waals surface area contributed by atoms with Crippen LogP contribution < -0.4 is 5.32 Å². The average molecular weight is 363 g/mol. The smallest absolute Gasteiger partial charge is 0.251 e. The van der Waals surface area contributed by atoms with Crippen LogP contribution in [0, 0.1) is 0 Å². The van der Waals surface area contributed by atoms with Gasteiger partial charge in [0.1, 0.15) is 5.78 Å². The van der Waals surface area contributed by atoms with Crippen molar-refractivity contribution in [2.24, 2.45) is 0 Å². The zero-order valence-corrected chi connectivity index (χ0v) is 13.9. The summed E-state index contributed by atoms with van der Waals surface area (Å²) in [6.45, 7) is 1.73. The quantitative estimate of drug-likeness (QED) is 0.840. The first kappa shape index (κ1) is 15.4. The summed E-state index contributed by atoms with van der Waals surface area (Å²) >= 11 is 3.37. The molecule has 116 valence electrons. The first-order valence-electron chi connectivity index (χ1n) is 7.60. The van der Waals surface area contributed by atoms with E-state index in [1.54, 1.807) is 12.1 Å². The Hall–Kier alpha value is -1.46. The van der Waals surface area contributed by atoms with Crippen LogP contribution in [0.2, 0.25) is 0 Å². The lowest BCUT2D eigenvalue weighted by atomic mass is 9.88. The molecule has 1 aliphatic carbocycles. The molecule has 1 fully saturated rings. The van der Waals surface area contributed by atoms with E-state index in [1.807, 2.05) is 12.1 Å². The molecule has 1 aliphatic heterocycles. The van der Waals surface area contributed by atoms with Crippen LogP contribution in [0.5, 0.6) is 0 Å². The van der Waals surface area contributed by atoms with Crippen molar-refractivity contribution in [3.63, 3.8) is 0 Å². The molecular weight excluding hydrogens is 344 g/mol. The van der Waals surface area contributed by atoms with Gasteiger partial charge in [0.15, 0.2) is 0 Å². The van der Waals surface area contributed by atoms with E-state index in [2.05, 4.69) is 38.3 Å². The number of ketones is 1. The van der Waals surface area contributed by atoms with Crippen molar-refractivity contribution in [1.82, 2.24) is 10.2 Å². The van der Waals surface area contributed by atoms with Crippen molar-refractivity contribution in [1.29, 1.82) is 0 Å². The number of halogens is 1. The summed E-state index contributed by atoms with van der Waals surface area (Å²) in [5, 5.41) is 3.13. The van der Waals surface area contributed by atoms with Crippen molar-refractivity contribution in [3.05, 3.63) is 46.5 Å². The number of amides is 1. The third-order valence-corrected chi connectivity index (χ3v) is 4.90. The van der Waals surface area contributed by atoms with Gasteiger partial charge in [0, 0.05) is 48.1 Å². The van der Waals surface area contributed by atoms with Crippen LogP contribution in [0.25, 0.3) is 0 Å². The fourth-order valence-electron chi connectivity index (χ4n) is 3.16. The van der Waals surface area contributed by atoms with Crippen molar-refractivity contribution in [2.45, 2.75) is 31.3 Å². The molecule has 3 rings (SSSR count). The summed E-state index contributed by atoms with van der Waals surface area (Å²) in [7, 11) is 0. The Morgan fingerprint density at radius 3 is 2.55 bits per heavy atom. The minimum absolute atomic E-state index is 0.0359. The van der Waals surface area contributed by atoms with E-state index in [1.165, 1.54) is 0 Å². The Labute approximate surface area is 138 Å². The number of carbonyl (C=O) groups is 2. The lowest BCUT2D eigenvalue weighted by Crippen LogP contribution is -2.54. The Morgan fingerprint density at radius 1 is 1.18 bits per heavy atom. The topological polar surface area (TPSA) is 49.4 Å². The van der Waals surface area contributed by atoms with E-state index in [4.69, 9.17) is 0 Å². The molecular formula is C17H19BrN2O2. The molecule has 22 heavy (non-hydrogen) atoms. The number of hydrogen-bond acceptors (Lipinski definition) is 3. The van der Waals surface area contributed by atoms with E-state index >= 15 is 0 Å². The van der Waals surface area contributed by atoms with E-state index in [-0.39, 0.29) is 18.0 Å². The number of benzene rings is 1. The number of nitrogens with one attached hydrogen (secondary N) is 1. The van der Waals surface area contributed by atoms with E-state index in [9.17, 15) is 9.59 Å². The molecule has 1 N–H and O–H groups in total. The molecule has 1 saturated carbocycles. The molecule has 4 nitrogen and oxygen atoms in total. The molecule has 2 aliphatic rings. The molecule has 5 heteroatoms. The van der Waals surface area contributed by atoms with Crippen molar-refractivity contribution in [2.75, 3.05) is 13.1 Å². The van der Waals surface area contributed by atoms with Gasteiger partial charge < -0.3 is 5.32 Å². The summed E-state index contributed by atoms with van der Waals surface area (Å²) in [6, 6.07) is 7.48. The van der Waals surface area contributed by atoms with Gasteiger partial charge in [-0.05, 0) is 30.7 Å². The van der Waals surface area contributed by atoms with Gasteiger partial charge in [0.05, 0.1) is 0 Å². The number of hydrogen-bond donors (Lipinski definition) is 1. The number of rotatable bonds is 3. The zero-order chi connectivity index (χ0) is 15.5. The summed E-state index contributed by atoms with van der Waals surface area (Å²) in [5.41, 5.74) is 0.651. The molecule has 1 heterocycles. The van der Waals surface area contributed by atoms with Crippen LogP contribution in [0.15, 0.2) is 40.9 Å². The second-order valence-corrected chi connectivity index (χ2v) is 6.78. The van der Waals surface area contributed by atoms with Crippen LogP contribution in [0.4, 0.5) is 0 Å². The standard InChI is InChI=1S/C17H19BrN2O2/c18-13-5-3-12(4-6-13)17(22)19-15-8-7-14(21)11-16(15)20-9-1-2-10-20/h1-6,15-16H,7-11H2,(H,19,22). The van der Waals surface area contributed by atoms with Gasteiger partial charge in [0.25, 0.3) is 5.91 Å². The highest BCUT2D eigenvalue weighted by molar-refractivity contribution is 9.10. The molecule has 0 radical (unpaired) electrons. The molecule has 2 unspecified atom stereocenters. The maximum absolute atomic E-state index is 12.4. The van der Waals surface area contributed by atoms with Crippen molar-refractivity contribution >= 4 is 27.6 Å². The second-order valence-electron chi connectivity index (χ2n) is 5.86. The van der Waals surface area contributed by atoms with Crippen LogP contribution in [0.3, 0.4) is 0 Å². The van der Waals surface area contributed by atoms with Crippen LogP contribution in [-0.2, 0) is 4.79 Å². The van der Waals surface area contributed by atoms with Gasteiger partial charge in [-0.1, -0.05) is 28.1 Å². The van der Waals surface area contributed by atoms with E-state index in [0.717, 1.165) is 24.0 Å². The van der Waals surface area contributed by atoms with E-state index < -0.39 is 0 Å². The molecule has 0 saturated heterocycles. The molecule has 2 atom stereocenters. The highest BCUT2D eigenvalue weighted by Crippen LogP contribution is 2.23. The number of Topliss-reactive ketones (excluding diaryl/α,β-unsaturated/α-hetero) is 1. The SMILES string of the molecule is O=C1CCC(NC(=O)c2ccc(Br)cc2)C(N2CC=CC2)C1. The number of nitrogens with zero attached hydrogens (tertiary/aromatic N) is 1. The van der Waals surface area contributed by atoms with Crippen LogP contribution >= 0.6 is 15.9 Å². The first-order chi connectivity index (χ1) is 10.6. The molecule has 0 aromatic heterocycles. The molecule has 1 amide bonds. The van der Waals surface area contributed by atoms with Gasteiger partial charge in [0.2, 0.25) is 0 Å². The maximum Gasteiger partial charge on any atom is 0.251 e. The third kappa shape index (κ3) is 3.47. The minimum atomic E-state index is -0.0657. The highest BCUT2D eigenvalue weighted by atomic mass is 79.9. The summed E-state index contributed by atoms with van der Waals surface area (Å²) in [5.74, 6) is 0.232. The molecule has 0 spiro atoms. The van der Waals surface area contributed by atoms with Crippen LogP contribution in [-0.4, -0.2) is 41.8 Å². The lowest BCUT2D eigenvalue weighted by Gasteiger charge is -2.37. The van der Waals surface area contributed by atoms with Gasteiger partial charge in [-0.15, -0.1) is 0 Å². The molecule has 0 bridgehead atoms. The Balaban J connectivity index is 1.69. The average Bonchev–Trinajstić information content (AvgIpc) is 3.04. The highest BCUT2D eigenvalue weighted by Gasteiger charge is 2.34. The Morgan fingerprint density at radius 2 is 1.86 bits per heavy atom. The monoisotopic (exact) mass is 362 g/mol. The molecule has 1 aromatic carbocycles. The summed E-state index contributed by atoms with van der Waals surface area (Å²) < 4.78 is 0.952.